The van der Waals surface area contributed by atoms with E-state index in [1.165, 1.54) is 12.8 Å². The molecule has 0 aromatic rings. The maximum Gasteiger partial charge on any atom is 0.508 e. The minimum absolute atomic E-state index is 0.0905. The van der Waals surface area contributed by atoms with Gasteiger partial charge in [-0.2, -0.15) is 0 Å². The summed E-state index contributed by atoms with van der Waals surface area (Å²) in [7, 11) is 0.0905. The molecular formula is C6H13BO3. The third-order valence-corrected chi connectivity index (χ3v) is 1.11. The number of unbranched alkanes of at least 4 members (excludes halogenated alkanes) is 2. The van der Waals surface area contributed by atoms with E-state index in [2.05, 4.69) is 11.6 Å². The van der Waals surface area contributed by atoms with Crippen molar-refractivity contribution in [3.05, 3.63) is 0 Å². The van der Waals surface area contributed by atoms with E-state index in [-0.39, 0.29) is 7.69 Å². The first-order valence-electron chi connectivity index (χ1n) is 3.54. The predicted octanol–water partition coefficient (Wildman–Crippen LogP) is 0.633. The van der Waals surface area contributed by atoms with Crippen LogP contribution in [0.4, 0.5) is 0 Å². The van der Waals surface area contributed by atoms with E-state index >= 15 is 0 Å². The Morgan fingerprint density at radius 3 is 2.90 bits per heavy atom. The molecule has 0 aromatic carbocycles. The molecule has 0 fully saturated rings. The zero-order valence-electron chi connectivity index (χ0n) is 6.34. The van der Waals surface area contributed by atoms with Crippen LogP contribution in [-0.2, 0) is 14.1 Å². The molecule has 0 radical (unpaired) electrons. The van der Waals surface area contributed by atoms with Crippen LogP contribution in [-0.4, -0.2) is 20.8 Å². The first-order chi connectivity index (χ1) is 4.91. The largest absolute Gasteiger partial charge is 0.515 e. The van der Waals surface area contributed by atoms with Crippen molar-refractivity contribution >= 4 is 14.2 Å². The third kappa shape index (κ3) is 7.49. The lowest BCUT2D eigenvalue weighted by Crippen LogP contribution is -2.04. The van der Waals surface area contributed by atoms with E-state index in [0.717, 1.165) is 6.42 Å². The standard InChI is InChI=1S/C6H13BO3/c1-2-3-4-5-9-7-10-6-8/h6-7H,2-5H2,1H3. The molecule has 4 heteroatoms. The van der Waals surface area contributed by atoms with Gasteiger partial charge in [-0.15, -0.1) is 0 Å². The molecule has 0 unspecified atom stereocenters. The van der Waals surface area contributed by atoms with Gasteiger partial charge >= 0.3 is 7.69 Å². The Morgan fingerprint density at radius 1 is 1.50 bits per heavy atom. The molecular weight excluding hydrogens is 131 g/mol. The normalized spacial score (nSPS) is 8.90. The second-order valence-corrected chi connectivity index (χ2v) is 2.00. The van der Waals surface area contributed by atoms with E-state index in [4.69, 9.17) is 4.65 Å². The van der Waals surface area contributed by atoms with Gasteiger partial charge in [0.05, 0.1) is 0 Å². The SMILES string of the molecule is CCCCCOBOC=O. The van der Waals surface area contributed by atoms with Crippen LogP contribution in [0.1, 0.15) is 26.2 Å². The Labute approximate surface area is 62.0 Å². The van der Waals surface area contributed by atoms with Crippen molar-refractivity contribution < 1.29 is 14.1 Å². The van der Waals surface area contributed by atoms with Gasteiger partial charge in [-0.05, 0) is 6.42 Å². The van der Waals surface area contributed by atoms with Crippen LogP contribution in [0.25, 0.3) is 0 Å². The van der Waals surface area contributed by atoms with Crippen molar-refractivity contribution in [2.24, 2.45) is 0 Å². The van der Waals surface area contributed by atoms with Crippen LogP contribution in [0.3, 0.4) is 0 Å². The molecule has 0 N–H and O–H groups in total. The number of rotatable bonds is 7. The summed E-state index contributed by atoms with van der Waals surface area (Å²) in [5.41, 5.74) is 0. The number of hydrogen-bond acceptors (Lipinski definition) is 3. The van der Waals surface area contributed by atoms with Crippen LogP contribution in [0.15, 0.2) is 0 Å². The van der Waals surface area contributed by atoms with E-state index in [9.17, 15) is 4.79 Å². The van der Waals surface area contributed by atoms with E-state index in [0.29, 0.717) is 13.1 Å². The summed E-state index contributed by atoms with van der Waals surface area (Å²) in [6.07, 6.45) is 3.39. The van der Waals surface area contributed by atoms with Crippen LogP contribution >= 0.6 is 0 Å². The Bertz CT molecular complexity index is 77.4. The molecule has 0 saturated heterocycles. The summed E-state index contributed by atoms with van der Waals surface area (Å²) in [4.78, 5) is 9.59. The summed E-state index contributed by atoms with van der Waals surface area (Å²) < 4.78 is 9.23. The average Bonchev–Trinajstić information content (AvgIpc) is 1.97. The highest BCUT2D eigenvalue weighted by atomic mass is 16.6. The van der Waals surface area contributed by atoms with Crippen molar-refractivity contribution in [2.45, 2.75) is 26.2 Å². The van der Waals surface area contributed by atoms with Crippen LogP contribution in [0.2, 0.25) is 0 Å². The Balaban J connectivity index is 2.70. The predicted molar refractivity (Wildman–Crippen MR) is 39.8 cm³/mol. The van der Waals surface area contributed by atoms with E-state index in [1.54, 1.807) is 0 Å². The number of carbonyl (C=O) groups is 1. The highest BCUT2D eigenvalue weighted by molar-refractivity contribution is 6.20. The lowest BCUT2D eigenvalue weighted by atomic mass is 10.2. The van der Waals surface area contributed by atoms with Crippen LogP contribution in [0.5, 0.6) is 0 Å². The lowest BCUT2D eigenvalue weighted by molar-refractivity contribution is -0.121. The maximum absolute atomic E-state index is 9.59. The fourth-order valence-corrected chi connectivity index (χ4v) is 0.589. The summed E-state index contributed by atoms with van der Waals surface area (Å²) in [6.45, 7) is 3.20. The van der Waals surface area contributed by atoms with Gasteiger partial charge in [0.1, 0.15) is 0 Å². The third-order valence-electron chi connectivity index (χ3n) is 1.11. The molecule has 58 valence electrons. The van der Waals surface area contributed by atoms with Crippen molar-refractivity contribution in [1.82, 2.24) is 0 Å². The molecule has 10 heavy (non-hydrogen) atoms. The molecule has 0 bridgehead atoms. The second-order valence-electron chi connectivity index (χ2n) is 2.00. The Morgan fingerprint density at radius 2 is 2.30 bits per heavy atom. The van der Waals surface area contributed by atoms with Gasteiger partial charge in [0.25, 0.3) is 6.47 Å². The van der Waals surface area contributed by atoms with Gasteiger partial charge in [0, 0.05) is 6.61 Å². The molecule has 0 rings (SSSR count). The van der Waals surface area contributed by atoms with Crippen LogP contribution < -0.4 is 0 Å². The number of hydrogen-bond donors (Lipinski definition) is 0. The lowest BCUT2D eigenvalue weighted by Gasteiger charge is -1.98. The fourth-order valence-electron chi connectivity index (χ4n) is 0.589. The summed E-state index contributed by atoms with van der Waals surface area (Å²) in [5, 5.41) is 0. The zero-order chi connectivity index (χ0) is 7.66. The summed E-state index contributed by atoms with van der Waals surface area (Å²) in [6, 6.07) is 0. The first kappa shape index (κ1) is 9.49. The minimum Gasteiger partial charge on any atom is -0.515 e. The van der Waals surface area contributed by atoms with Crippen molar-refractivity contribution in [3.63, 3.8) is 0 Å². The van der Waals surface area contributed by atoms with Gasteiger partial charge < -0.3 is 9.31 Å². The highest BCUT2D eigenvalue weighted by Crippen LogP contribution is 1.92. The van der Waals surface area contributed by atoms with Crippen molar-refractivity contribution in [3.8, 4) is 0 Å². The van der Waals surface area contributed by atoms with Gasteiger partial charge in [-0.3, -0.25) is 4.79 Å². The molecule has 0 saturated carbocycles. The Kier molecular flexibility index (Phi) is 8.07. The van der Waals surface area contributed by atoms with Crippen molar-refractivity contribution in [2.75, 3.05) is 6.61 Å². The summed E-state index contributed by atoms with van der Waals surface area (Å²) in [5.74, 6) is 0. The maximum atomic E-state index is 9.59. The Hall–Kier alpha value is -0.505. The molecule has 0 aliphatic heterocycles. The monoisotopic (exact) mass is 144 g/mol. The van der Waals surface area contributed by atoms with Crippen LogP contribution in [0, 0.1) is 0 Å². The molecule has 3 nitrogen and oxygen atoms in total. The molecule has 0 aromatic heterocycles. The van der Waals surface area contributed by atoms with E-state index < -0.39 is 0 Å². The summed E-state index contributed by atoms with van der Waals surface area (Å²) >= 11 is 0. The van der Waals surface area contributed by atoms with E-state index in [1.807, 2.05) is 0 Å². The molecule has 0 atom stereocenters. The number of carbonyl (C=O) groups excluding carboxylic acids is 1. The second kappa shape index (κ2) is 8.49. The molecule has 0 spiro atoms. The zero-order valence-corrected chi connectivity index (χ0v) is 6.34. The molecule has 0 heterocycles. The van der Waals surface area contributed by atoms with Crippen molar-refractivity contribution in [1.29, 1.82) is 0 Å². The fraction of sp³-hybridized carbons (Fsp3) is 0.833. The molecule has 0 amide bonds. The minimum atomic E-state index is 0.0905. The van der Waals surface area contributed by atoms with Gasteiger partial charge in [0.2, 0.25) is 0 Å². The molecule has 0 aliphatic rings. The smallest absolute Gasteiger partial charge is 0.508 e. The van der Waals surface area contributed by atoms with Gasteiger partial charge in [-0.25, -0.2) is 0 Å². The highest BCUT2D eigenvalue weighted by Gasteiger charge is 1.90. The van der Waals surface area contributed by atoms with Gasteiger partial charge in [0.15, 0.2) is 0 Å². The van der Waals surface area contributed by atoms with Gasteiger partial charge in [-0.1, -0.05) is 19.8 Å². The molecule has 0 aliphatic carbocycles. The average molecular weight is 144 g/mol. The first-order valence-corrected chi connectivity index (χ1v) is 3.54. The topological polar surface area (TPSA) is 35.5 Å². The quantitative estimate of drug-likeness (QED) is 0.298.